The molecule has 2 heterocycles. The summed E-state index contributed by atoms with van der Waals surface area (Å²) >= 11 is 3.43. The van der Waals surface area contributed by atoms with Crippen molar-refractivity contribution in [1.29, 1.82) is 0 Å². The molecule has 2 aromatic carbocycles. The number of halogens is 1. The average molecular weight is 392 g/mol. The SMILES string of the molecule is Brc1ccc(-c2ccc(/C=N/Nc3cccc4cccnc34)o2)cc1. The molecule has 25 heavy (non-hydrogen) atoms. The number of fused-ring (bicyclic) bond motifs is 1. The predicted molar refractivity (Wildman–Crippen MR) is 105 cm³/mol. The Kier molecular flexibility index (Phi) is 4.31. The third-order valence-corrected chi connectivity index (χ3v) is 4.29. The minimum Gasteiger partial charge on any atom is -0.455 e. The second kappa shape index (κ2) is 6.91. The molecular weight excluding hydrogens is 378 g/mol. The molecule has 0 saturated carbocycles. The van der Waals surface area contributed by atoms with Gasteiger partial charge in [0.05, 0.1) is 17.4 Å². The fourth-order valence-electron chi connectivity index (χ4n) is 2.55. The summed E-state index contributed by atoms with van der Waals surface area (Å²) in [6.45, 7) is 0. The molecule has 0 aliphatic carbocycles. The maximum Gasteiger partial charge on any atom is 0.147 e. The zero-order valence-corrected chi connectivity index (χ0v) is 14.8. The first kappa shape index (κ1) is 15.6. The summed E-state index contributed by atoms with van der Waals surface area (Å²) in [5.74, 6) is 1.49. The number of furan rings is 1. The fraction of sp³-hybridized carbons (Fsp3) is 0. The quantitative estimate of drug-likeness (QED) is 0.358. The van der Waals surface area contributed by atoms with E-state index in [1.54, 1.807) is 12.4 Å². The first-order valence-electron chi connectivity index (χ1n) is 7.78. The molecule has 4 nitrogen and oxygen atoms in total. The van der Waals surface area contributed by atoms with Crippen molar-refractivity contribution in [3.05, 3.63) is 83.2 Å². The van der Waals surface area contributed by atoms with Gasteiger partial charge in [-0.25, -0.2) is 0 Å². The number of anilines is 1. The van der Waals surface area contributed by atoms with E-state index in [1.165, 1.54) is 0 Å². The van der Waals surface area contributed by atoms with Gasteiger partial charge >= 0.3 is 0 Å². The third-order valence-electron chi connectivity index (χ3n) is 3.77. The van der Waals surface area contributed by atoms with Crippen molar-refractivity contribution >= 4 is 38.7 Å². The Labute approximate surface area is 153 Å². The molecule has 1 N–H and O–H groups in total. The number of hydrogen-bond acceptors (Lipinski definition) is 4. The monoisotopic (exact) mass is 391 g/mol. The number of rotatable bonds is 4. The molecule has 0 unspecified atom stereocenters. The van der Waals surface area contributed by atoms with E-state index < -0.39 is 0 Å². The van der Waals surface area contributed by atoms with Gasteiger partial charge < -0.3 is 4.42 Å². The van der Waals surface area contributed by atoms with E-state index in [-0.39, 0.29) is 0 Å². The molecule has 0 aliphatic heterocycles. The summed E-state index contributed by atoms with van der Waals surface area (Å²) in [6.07, 6.45) is 3.43. The molecule has 0 amide bonds. The minimum atomic E-state index is 0.679. The van der Waals surface area contributed by atoms with Crippen molar-refractivity contribution in [2.75, 3.05) is 5.43 Å². The van der Waals surface area contributed by atoms with Gasteiger partial charge in [0, 0.05) is 21.6 Å². The Hall–Kier alpha value is -2.92. The van der Waals surface area contributed by atoms with Gasteiger partial charge in [-0.3, -0.25) is 10.4 Å². The predicted octanol–water partition coefficient (Wildman–Crippen LogP) is 5.70. The summed E-state index contributed by atoms with van der Waals surface area (Å²) in [5, 5.41) is 5.33. The number of para-hydroxylation sites is 1. The first-order chi connectivity index (χ1) is 12.3. The summed E-state index contributed by atoms with van der Waals surface area (Å²) in [4.78, 5) is 4.39. The molecule has 0 saturated heterocycles. The van der Waals surface area contributed by atoms with Crippen LogP contribution in [0.1, 0.15) is 5.76 Å². The van der Waals surface area contributed by atoms with Crippen LogP contribution in [0.4, 0.5) is 5.69 Å². The molecular formula is C20H14BrN3O. The van der Waals surface area contributed by atoms with Crippen molar-refractivity contribution in [3.63, 3.8) is 0 Å². The minimum absolute atomic E-state index is 0.679. The van der Waals surface area contributed by atoms with Crippen LogP contribution in [0.2, 0.25) is 0 Å². The zero-order chi connectivity index (χ0) is 17.1. The van der Waals surface area contributed by atoms with Crippen LogP contribution in [0.5, 0.6) is 0 Å². The van der Waals surface area contributed by atoms with Crippen molar-refractivity contribution in [2.45, 2.75) is 0 Å². The highest BCUT2D eigenvalue weighted by Gasteiger charge is 2.04. The summed E-state index contributed by atoms with van der Waals surface area (Å²) in [5.41, 5.74) is 5.80. The maximum atomic E-state index is 5.81. The molecule has 4 aromatic rings. The van der Waals surface area contributed by atoms with Crippen LogP contribution >= 0.6 is 15.9 Å². The highest BCUT2D eigenvalue weighted by Crippen LogP contribution is 2.24. The standard InChI is InChI=1S/C20H14BrN3O/c21-16-8-6-14(7-9-16)19-11-10-17(25-19)13-23-24-18-5-1-3-15-4-2-12-22-20(15)18/h1-13,24H/b23-13+. The van der Waals surface area contributed by atoms with Gasteiger partial charge in [0.2, 0.25) is 0 Å². The van der Waals surface area contributed by atoms with Crippen LogP contribution in [0.25, 0.3) is 22.2 Å². The number of nitrogens with zero attached hydrogens (tertiary/aromatic N) is 2. The average Bonchev–Trinajstić information content (AvgIpc) is 3.11. The Bertz CT molecular complexity index is 1030. The number of aromatic nitrogens is 1. The van der Waals surface area contributed by atoms with Gasteiger partial charge in [-0.1, -0.05) is 46.3 Å². The fourth-order valence-corrected chi connectivity index (χ4v) is 2.82. The van der Waals surface area contributed by atoms with E-state index in [4.69, 9.17) is 4.42 Å². The molecule has 122 valence electrons. The summed E-state index contributed by atoms with van der Waals surface area (Å²) < 4.78 is 6.85. The third kappa shape index (κ3) is 3.46. The number of benzene rings is 2. The largest absolute Gasteiger partial charge is 0.455 e. The molecule has 5 heteroatoms. The van der Waals surface area contributed by atoms with E-state index in [0.717, 1.165) is 32.4 Å². The normalized spacial score (nSPS) is 11.2. The maximum absolute atomic E-state index is 5.81. The van der Waals surface area contributed by atoms with Gasteiger partial charge in [0.1, 0.15) is 11.5 Å². The van der Waals surface area contributed by atoms with E-state index in [0.29, 0.717) is 5.76 Å². The lowest BCUT2D eigenvalue weighted by atomic mass is 10.2. The van der Waals surface area contributed by atoms with E-state index >= 15 is 0 Å². The van der Waals surface area contributed by atoms with Gasteiger partial charge in [0.25, 0.3) is 0 Å². The highest BCUT2D eigenvalue weighted by molar-refractivity contribution is 9.10. The zero-order valence-electron chi connectivity index (χ0n) is 13.2. The van der Waals surface area contributed by atoms with Crippen LogP contribution in [-0.2, 0) is 0 Å². The first-order valence-corrected chi connectivity index (χ1v) is 8.57. The van der Waals surface area contributed by atoms with Gasteiger partial charge in [-0.15, -0.1) is 0 Å². The van der Waals surface area contributed by atoms with Gasteiger partial charge in [-0.05, 0) is 36.4 Å². The molecule has 0 fully saturated rings. The second-order valence-corrected chi connectivity index (χ2v) is 6.38. The lowest BCUT2D eigenvalue weighted by Gasteiger charge is -2.03. The topological polar surface area (TPSA) is 50.4 Å². The molecule has 0 bridgehead atoms. The summed E-state index contributed by atoms with van der Waals surface area (Å²) in [7, 11) is 0. The van der Waals surface area contributed by atoms with E-state index in [1.807, 2.05) is 66.7 Å². The van der Waals surface area contributed by atoms with Crippen molar-refractivity contribution in [1.82, 2.24) is 4.98 Å². The van der Waals surface area contributed by atoms with Gasteiger partial charge in [-0.2, -0.15) is 5.10 Å². The van der Waals surface area contributed by atoms with Crippen LogP contribution in [-0.4, -0.2) is 11.2 Å². The highest BCUT2D eigenvalue weighted by atomic mass is 79.9. The Morgan fingerprint density at radius 1 is 0.960 bits per heavy atom. The molecule has 2 aromatic heterocycles. The summed E-state index contributed by atoms with van der Waals surface area (Å²) in [6, 6.07) is 21.7. The Morgan fingerprint density at radius 3 is 2.68 bits per heavy atom. The molecule has 0 radical (unpaired) electrons. The van der Waals surface area contributed by atoms with Crippen LogP contribution in [0.3, 0.4) is 0 Å². The van der Waals surface area contributed by atoms with Crippen LogP contribution < -0.4 is 5.43 Å². The van der Waals surface area contributed by atoms with E-state index in [2.05, 4.69) is 31.4 Å². The van der Waals surface area contributed by atoms with Crippen LogP contribution in [0.15, 0.2) is 86.9 Å². The molecule has 0 spiro atoms. The number of nitrogens with one attached hydrogen (secondary N) is 1. The smallest absolute Gasteiger partial charge is 0.147 e. The second-order valence-electron chi connectivity index (χ2n) is 5.46. The van der Waals surface area contributed by atoms with E-state index in [9.17, 15) is 0 Å². The Balaban J connectivity index is 1.51. The molecule has 0 atom stereocenters. The lowest BCUT2D eigenvalue weighted by molar-refractivity contribution is 0.575. The number of hydrazone groups is 1. The number of hydrogen-bond donors (Lipinski definition) is 1. The van der Waals surface area contributed by atoms with Gasteiger partial charge in [0.15, 0.2) is 0 Å². The van der Waals surface area contributed by atoms with Crippen molar-refractivity contribution in [3.8, 4) is 11.3 Å². The van der Waals surface area contributed by atoms with Crippen molar-refractivity contribution in [2.24, 2.45) is 5.10 Å². The lowest BCUT2D eigenvalue weighted by Crippen LogP contribution is -1.92. The number of pyridine rings is 1. The molecule has 0 aliphatic rings. The Morgan fingerprint density at radius 2 is 1.80 bits per heavy atom. The van der Waals surface area contributed by atoms with Crippen molar-refractivity contribution < 1.29 is 4.42 Å². The molecule has 4 rings (SSSR count). The van der Waals surface area contributed by atoms with Crippen LogP contribution in [0, 0.1) is 0 Å².